The number of esters is 1. The molecule has 0 unspecified atom stereocenters. The van der Waals surface area contributed by atoms with Crippen molar-refractivity contribution in [1.82, 2.24) is 9.97 Å². The van der Waals surface area contributed by atoms with Gasteiger partial charge in [-0.15, -0.1) is 0 Å². The Labute approximate surface area is 148 Å². The van der Waals surface area contributed by atoms with Crippen molar-refractivity contribution in [2.24, 2.45) is 0 Å². The lowest BCUT2D eigenvalue weighted by Crippen LogP contribution is -2.14. The predicted molar refractivity (Wildman–Crippen MR) is 96.4 cm³/mol. The van der Waals surface area contributed by atoms with Gasteiger partial charge in [0.15, 0.2) is 5.16 Å². The fourth-order valence-corrected chi connectivity index (χ4v) is 4.15. The second-order valence-electron chi connectivity index (χ2n) is 5.41. The quantitative estimate of drug-likeness (QED) is 0.482. The Bertz CT molecular complexity index is 787. The van der Waals surface area contributed by atoms with Gasteiger partial charge in [0.1, 0.15) is 0 Å². The number of ether oxygens (including phenoxy) is 1. The number of thioether (sulfide) groups is 2. The van der Waals surface area contributed by atoms with Crippen LogP contribution in [0.4, 0.5) is 0 Å². The molecular weight excluding hydrogens is 344 g/mol. The molecule has 0 spiro atoms. The van der Waals surface area contributed by atoms with Crippen molar-refractivity contribution < 1.29 is 9.53 Å². The normalized spacial score (nSPS) is 12.9. The summed E-state index contributed by atoms with van der Waals surface area (Å²) in [6.45, 7) is 2.40. The number of fused-ring (bicyclic) bond motifs is 1. The van der Waals surface area contributed by atoms with E-state index in [9.17, 15) is 9.59 Å². The van der Waals surface area contributed by atoms with Gasteiger partial charge in [0.05, 0.1) is 17.9 Å². The first-order chi connectivity index (χ1) is 11.7. The van der Waals surface area contributed by atoms with Gasteiger partial charge in [0.25, 0.3) is 5.56 Å². The standard InChI is InChI=1S/C17H18N2O3S2/c1-2-7-22-16(21)12-5-3-11(4-6-12)8-24-17-18-14-10-23-9-13(14)15(20)19-17/h3-6H,2,7-10H2,1H3,(H,18,19,20). The maximum absolute atomic E-state index is 12.0. The highest BCUT2D eigenvalue weighted by Gasteiger charge is 2.17. The molecule has 0 bridgehead atoms. The fourth-order valence-electron chi connectivity index (χ4n) is 2.27. The zero-order valence-electron chi connectivity index (χ0n) is 13.3. The van der Waals surface area contributed by atoms with Crippen LogP contribution in [0, 0.1) is 0 Å². The minimum absolute atomic E-state index is 0.0264. The smallest absolute Gasteiger partial charge is 0.338 e. The molecule has 0 radical (unpaired) electrons. The molecule has 5 nitrogen and oxygen atoms in total. The Kier molecular flexibility index (Phi) is 5.63. The van der Waals surface area contributed by atoms with Crippen molar-refractivity contribution in [3.05, 3.63) is 57.0 Å². The molecule has 1 aromatic heterocycles. The SMILES string of the molecule is CCCOC(=O)c1ccc(CSc2nc3c(c(=O)[nH]2)CSC3)cc1. The average Bonchev–Trinajstić information content (AvgIpc) is 3.07. The highest BCUT2D eigenvalue weighted by atomic mass is 32.2. The van der Waals surface area contributed by atoms with Crippen molar-refractivity contribution in [2.45, 2.75) is 35.8 Å². The summed E-state index contributed by atoms with van der Waals surface area (Å²) >= 11 is 3.20. The van der Waals surface area contributed by atoms with Crippen LogP contribution in [0.5, 0.6) is 0 Å². The summed E-state index contributed by atoms with van der Waals surface area (Å²) in [5.74, 6) is 1.94. The van der Waals surface area contributed by atoms with E-state index in [4.69, 9.17) is 4.74 Å². The van der Waals surface area contributed by atoms with Crippen LogP contribution in [-0.4, -0.2) is 22.5 Å². The predicted octanol–water partition coefficient (Wildman–Crippen LogP) is 3.38. The van der Waals surface area contributed by atoms with Crippen LogP contribution in [0.2, 0.25) is 0 Å². The van der Waals surface area contributed by atoms with Crippen molar-refractivity contribution >= 4 is 29.5 Å². The topological polar surface area (TPSA) is 72.0 Å². The molecule has 2 aromatic rings. The van der Waals surface area contributed by atoms with E-state index in [1.807, 2.05) is 19.1 Å². The van der Waals surface area contributed by atoms with E-state index in [2.05, 4.69) is 9.97 Å². The van der Waals surface area contributed by atoms with Crippen LogP contribution in [0.1, 0.15) is 40.5 Å². The van der Waals surface area contributed by atoms with Gasteiger partial charge in [-0.2, -0.15) is 11.8 Å². The lowest BCUT2D eigenvalue weighted by Gasteiger charge is -2.05. The molecule has 0 saturated heterocycles. The molecule has 0 atom stereocenters. The number of carbonyl (C=O) groups is 1. The monoisotopic (exact) mass is 362 g/mol. The van der Waals surface area contributed by atoms with Gasteiger partial charge in [-0.1, -0.05) is 30.8 Å². The van der Waals surface area contributed by atoms with E-state index in [1.54, 1.807) is 23.9 Å². The number of H-pyrrole nitrogens is 1. The van der Waals surface area contributed by atoms with E-state index in [0.29, 0.717) is 23.1 Å². The first-order valence-corrected chi connectivity index (χ1v) is 9.90. The molecule has 1 N–H and O–H groups in total. The molecule has 126 valence electrons. The number of aromatic nitrogens is 2. The van der Waals surface area contributed by atoms with E-state index in [0.717, 1.165) is 34.7 Å². The van der Waals surface area contributed by atoms with Gasteiger partial charge >= 0.3 is 5.97 Å². The molecule has 24 heavy (non-hydrogen) atoms. The highest BCUT2D eigenvalue weighted by molar-refractivity contribution is 7.98. The molecule has 7 heteroatoms. The number of benzene rings is 1. The molecule has 1 aliphatic rings. The fraction of sp³-hybridized carbons (Fsp3) is 0.353. The number of hydrogen-bond donors (Lipinski definition) is 1. The van der Waals surface area contributed by atoms with Crippen LogP contribution in [-0.2, 0) is 22.0 Å². The Hall–Kier alpha value is -1.73. The number of nitrogens with zero attached hydrogens (tertiary/aromatic N) is 1. The van der Waals surface area contributed by atoms with Gasteiger partial charge in [-0.3, -0.25) is 4.79 Å². The molecular formula is C17H18N2O3S2. The van der Waals surface area contributed by atoms with Crippen molar-refractivity contribution in [2.75, 3.05) is 6.61 Å². The molecule has 1 aromatic carbocycles. The van der Waals surface area contributed by atoms with Crippen LogP contribution in [0.15, 0.2) is 34.2 Å². The second kappa shape index (κ2) is 7.90. The van der Waals surface area contributed by atoms with Crippen LogP contribution < -0.4 is 5.56 Å². The minimum atomic E-state index is -0.293. The first kappa shape index (κ1) is 17.1. The second-order valence-corrected chi connectivity index (χ2v) is 7.36. The molecule has 1 aliphatic heterocycles. The largest absolute Gasteiger partial charge is 0.462 e. The minimum Gasteiger partial charge on any atom is -0.462 e. The molecule has 0 aliphatic carbocycles. The van der Waals surface area contributed by atoms with Crippen LogP contribution in [0.25, 0.3) is 0 Å². The zero-order chi connectivity index (χ0) is 16.9. The maximum Gasteiger partial charge on any atom is 0.338 e. The van der Waals surface area contributed by atoms with E-state index in [1.165, 1.54) is 11.8 Å². The lowest BCUT2D eigenvalue weighted by atomic mass is 10.1. The molecule has 0 saturated carbocycles. The summed E-state index contributed by atoms with van der Waals surface area (Å²) in [5.41, 5.74) is 3.30. The third-order valence-corrected chi connectivity index (χ3v) is 5.48. The molecule has 2 heterocycles. The van der Waals surface area contributed by atoms with Crippen LogP contribution >= 0.6 is 23.5 Å². The van der Waals surface area contributed by atoms with E-state index < -0.39 is 0 Å². The van der Waals surface area contributed by atoms with Crippen molar-refractivity contribution in [1.29, 1.82) is 0 Å². The summed E-state index contributed by atoms with van der Waals surface area (Å²) in [6, 6.07) is 7.33. The van der Waals surface area contributed by atoms with Gasteiger partial charge in [0, 0.05) is 22.8 Å². The van der Waals surface area contributed by atoms with Crippen molar-refractivity contribution in [3.8, 4) is 0 Å². The van der Waals surface area contributed by atoms with Crippen LogP contribution in [0.3, 0.4) is 0 Å². The summed E-state index contributed by atoms with van der Waals surface area (Å²) in [7, 11) is 0. The number of aromatic amines is 1. The summed E-state index contributed by atoms with van der Waals surface area (Å²) < 4.78 is 5.11. The Morgan fingerprint density at radius 1 is 1.33 bits per heavy atom. The highest BCUT2D eigenvalue weighted by Crippen LogP contribution is 2.27. The van der Waals surface area contributed by atoms with Gasteiger partial charge in [0.2, 0.25) is 0 Å². The molecule has 3 rings (SSSR count). The maximum atomic E-state index is 12.0. The number of carbonyl (C=O) groups excluding carboxylic acids is 1. The Morgan fingerprint density at radius 2 is 2.12 bits per heavy atom. The third kappa shape index (κ3) is 4.02. The van der Waals surface area contributed by atoms with Gasteiger partial charge < -0.3 is 9.72 Å². The van der Waals surface area contributed by atoms with E-state index >= 15 is 0 Å². The third-order valence-electron chi connectivity index (χ3n) is 3.57. The zero-order valence-corrected chi connectivity index (χ0v) is 15.0. The lowest BCUT2D eigenvalue weighted by molar-refractivity contribution is 0.0505. The summed E-state index contributed by atoms with van der Waals surface area (Å²) in [4.78, 5) is 31.1. The Balaban J connectivity index is 1.62. The van der Waals surface area contributed by atoms with Gasteiger partial charge in [-0.05, 0) is 24.1 Å². The number of rotatable bonds is 6. The number of hydrogen-bond acceptors (Lipinski definition) is 6. The molecule has 0 fully saturated rings. The first-order valence-electron chi connectivity index (χ1n) is 7.76. The van der Waals surface area contributed by atoms with E-state index in [-0.39, 0.29) is 11.5 Å². The van der Waals surface area contributed by atoms with Crippen molar-refractivity contribution in [3.63, 3.8) is 0 Å². The summed E-state index contributed by atoms with van der Waals surface area (Å²) in [5, 5.41) is 0.646. The Morgan fingerprint density at radius 3 is 2.88 bits per heavy atom. The molecule has 0 amide bonds. The number of nitrogens with one attached hydrogen (secondary N) is 1. The van der Waals surface area contributed by atoms with Gasteiger partial charge in [-0.25, -0.2) is 9.78 Å². The average molecular weight is 362 g/mol. The summed E-state index contributed by atoms with van der Waals surface area (Å²) in [6.07, 6.45) is 0.810.